The molecule has 0 unspecified atom stereocenters. The van der Waals surface area contributed by atoms with Crippen molar-refractivity contribution >= 4 is 0 Å². The quantitative estimate of drug-likeness (QED) is 0.618. The second kappa shape index (κ2) is 10.9. The number of rotatable bonds is 11. The van der Waals surface area contributed by atoms with Crippen LogP contribution in [0.4, 0.5) is 0 Å². The highest BCUT2D eigenvalue weighted by molar-refractivity contribution is 5.14. The van der Waals surface area contributed by atoms with Gasteiger partial charge in [0, 0.05) is 40.0 Å². The Hall–Kier alpha value is -0.940. The van der Waals surface area contributed by atoms with E-state index in [1.165, 1.54) is 5.56 Å². The second-order valence-corrected chi connectivity index (χ2v) is 4.44. The number of benzene rings is 1. The monoisotopic (exact) mass is 267 g/mol. The van der Waals surface area contributed by atoms with Crippen molar-refractivity contribution in [2.45, 2.75) is 13.0 Å². The van der Waals surface area contributed by atoms with E-state index in [2.05, 4.69) is 17.0 Å². The molecule has 1 N–H and O–H groups in total. The van der Waals surface area contributed by atoms with Gasteiger partial charge in [0.15, 0.2) is 0 Å². The lowest BCUT2D eigenvalue weighted by Gasteiger charge is -2.21. The van der Waals surface area contributed by atoms with Gasteiger partial charge in [-0.1, -0.05) is 30.3 Å². The van der Waals surface area contributed by atoms with Crippen LogP contribution < -0.4 is 0 Å². The van der Waals surface area contributed by atoms with Crippen molar-refractivity contribution in [2.24, 2.45) is 0 Å². The molecule has 0 aliphatic rings. The summed E-state index contributed by atoms with van der Waals surface area (Å²) in [6.07, 6.45) is 0.926. The summed E-state index contributed by atoms with van der Waals surface area (Å²) >= 11 is 0. The zero-order valence-corrected chi connectivity index (χ0v) is 11.8. The summed E-state index contributed by atoms with van der Waals surface area (Å²) in [6, 6.07) is 10.3. The van der Waals surface area contributed by atoms with Crippen LogP contribution in [0.15, 0.2) is 30.3 Å². The number of aliphatic hydroxyl groups excluding tert-OH is 1. The standard InChI is InChI=1S/C15H25NO3/c1-18-11-5-12-19-13-9-16(8-10-17)14-15-6-3-2-4-7-15/h2-4,6-7,17H,5,8-14H2,1H3. The maximum absolute atomic E-state index is 9.09. The smallest absolute Gasteiger partial charge is 0.0593 e. The van der Waals surface area contributed by atoms with Crippen molar-refractivity contribution in [2.75, 3.05) is 46.6 Å². The van der Waals surface area contributed by atoms with Gasteiger partial charge < -0.3 is 14.6 Å². The molecule has 108 valence electrons. The molecule has 1 rings (SSSR count). The molecule has 4 heteroatoms. The van der Waals surface area contributed by atoms with Crippen molar-refractivity contribution in [1.29, 1.82) is 0 Å². The molecule has 0 saturated heterocycles. The summed E-state index contributed by atoms with van der Waals surface area (Å²) in [5, 5.41) is 9.09. The van der Waals surface area contributed by atoms with E-state index in [-0.39, 0.29) is 6.61 Å². The fraction of sp³-hybridized carbons (Fsp3) is 0.600. The number of ether oxygens (including phenoxy) is 2. The molecule has 0 heterocycles. The van der Waals surface area contributed by atoms with Crippen molar-refractivity contribution < 1.29 is 14.6 Å². The lowest BCUT2D eigenvalue weighted by Crippen LogP contribution is -2.30. The van der Waals surface area contributed by atoms with Crippen molar-refractivity contribution in [1.82, 2.24) is 4.90 Å². The van der Waals surface area contributed by atoms with Crippen LogP contribution in [0.1, 0.15) is 12.0 Å². The first kappa shape index (κ1) is 16.1. The van der Waals surface area contributed by atoms with E-state index in [1.807, 2.05) is 18.2 Å². The Morgan fingerprint density at radius 2 is 1.84 bits per heavy atom. The summed E-state index contributed by atoms with van der Waals surface area (Å²) in [6.45, 7) is 4.70. The molecular formula is C15H25NO3. The maximum atomic E-state index is 9.09. The third-order valence-corrected chi connectivity index (χ3v) is 2.85. The fourth-order valence-corrected chi connectivity index (χ4v) is 1.85. The minimum Gasteiger partial charge on any atom is -0.395 e. The molecule has 1 aromatic carbocycles. The van der Waals surface area contributed by atoms with Crippen LogP contribution in [0, 0.1) is 0 Å². The van der Waals surface area contributed by atoms with Gasteiger partial charge in [-0.15, -0.1) is 0 Å². The first-order chi connectivity index (χ1) is 9.36. The maximum Gasteiger partial charge on any atom is 0.0593 e. The predicted octanol–water partition coefficient (Wildman–Crippen LogP) is 1.53. The first-order valence-corrected chi connectivity index (χ1v) is 6.80. The zero-order valence-electron chi connectivity index (χ0n) is 11.8. The van der Waals surface area contributed by atoms with Gasteiger partial charge in [-0.05, 0) is 12.0 Å². The number of aliphatic hydroxyl groups is 1. The summed E-state index contributed by atoms with van der Waals surface area (Å²) in [5.74, 6) is 0. The lowest BCUT2D eigenvalue weighted by molar-refractivity contribution is 0.0769. The van der Waals surface area contributed by atoms with Gasteiger partial charge in [0.1, 0.15) is 0 Å². The third kappa shape index (κ3) is 7.95. The third-order valence-electron chi connectivity index (χ3n) is 2.85. The normalized spacial score (nSPS) is 11.1. The molecular weight excluding hydrogens is 242 g/mol. The van der Waals surface area contributed by atoms with Gasteiger partial charge in [0.25, 0.3) is 0 Å². The molecule has 0 aromatic heterocycles. The van der Waals surface area contributed by atoms with E-state index >= 15 is 0 Å². The molecule has 0 aliphatic heterocycles. The number of hydrogen-bond donors (Lipinski definition) is 1. The van der Waals surface area contributed by atoms with E-state index in [0.29, 0.717) is 13.2 Å². The highest BCUT2D eigenvalue weighted by Crippen LogP contribution is 2.03. The van der Waals surface area contributed by atoms with E-state index in [0.717, 1.165) is 32.7 Å². The zero-order chi connectivity index (χ0) is 13.8. The van der Waals surface area contributed by atoms with Crippen LogP contribution in [0.5, 0.6) is 0 Å². The lowest BCUT2D eigenvalue weighted by atomic mass is 10.2. The number of hydrogen-bond acceptors (Lipinski definition) is 4. The molecule has 0 bridgehead atoms. The Morgan fingerprint density at radius 3 is 2.53 bits per heavy atom. The minimum atomic E-state index is 0.177. The largest absolute Gasteiger partial charge is 0.395 e. The van der Waals surface area contributed by atoms with Crippen LogP contribution in [-0.2, 0) is 16.0 Å². The fourth-order valence-electron chi connectivity index (χ4n) is 1.85. The molecule has 1 aromatic rings. The SMILES string of the molecule is COCCCOCCN(CCO)Cc1ccccc1. The van der Waals surface area contributed by atoms with Gasteiger partial charge >= 0.3 is 0 Å². The van der Waals surface area contributed by atoms with E-state index in [4.69, 9.17) is 14.6 Å². The minimum absolute atomic E-state index is 0.177. The Bertz CT molecular complexity index is 306. The Kier molecular flexibility index (Phi) is 9.27. The Morgan fingerprint density at radius 1 is 1.05 bits per heavy atom. The van der Waals surface area contributed by atoms with Crippen molar-refractivity contribution in [3.05, 3.63) is 35.9 Å². The van der Waals surface area contributed by atoms with E-state index < -0.39 is 0 Å². The molecule has 0 fully saturated rings. The van der Waals surface area contributed by atoms with E-state index in [9.17, 15) is 0 Å². The van der Waals surface area contributed by atoms with Gasteiger partial charge in [0.05, 0.1) is 13.2 Å². The molecule has 0 radical (unpaired) electrons. The molecule has 19 heavy (non-hydrogen) atoms. The summed E-state index contributed by atoms with van der Waals surface area (Å²) < 4.78 is 10.5. The second-order valence-electron chi connectivity index (χ2n) is 4.44. The highest BCUT2D eigenvalue weighted by Gasteiger charge is 2.05. The highest BCUT2D eigenvalue weighted by atomic mass is 16.5. The topological polar surface area (TPSA) is 41.9 Å². The van der Waals surface area contributed by atoms with Gasteiger partial charge in [-0.3, -0.25) is 4.90 Å². The van der Waals surface area contributed by atoms with Crippen LogP contribution in [0.3, 0.4) is 0 Å². The summed E-state index contributed by atoms with van der Waals surface area (Å²) in [5.41, 5.74) is 1.26. The summed E-state index contributed by atoms with van der Waals surface area (Å²) in [4.78, 5) is 2.20. The van der Waals surface area contributed by atoms with Gasteiger partial charge in [-0.2, -0.15) is 0 Å². The van der Waals surface area contributed by atoms with Crippen molar-refractivity contribution in [3.8, 4) is 0 Å². The summed E-state index contributed by atoms with van der Waals surface area (Å²) in [7, 11) is 1.70. The Balaban J connectivity index is 2.21. The van der Waals surface area contributed by atoms with E-state index in [1.54, 1.807) is 7.11 Å². The molecule has 0 aliphatic carbocycles. The van der Waals surface area contributed by atoms with Crippen LogP contribution in [0.25, 0.3) is 0 Å². The number of nitrogens with zero attached hydrogens (tertiary/aromatic N) is 1. The average Bonchev–Trinajstić information content (AvgIpc) is 2.44. The van der Waals surface area contributed by atoms with Crippen molar-refractivity contribution in [3.63, 3.8) is 0 Å². The molecule has 4 nitrogen and oxygen atoms in total. The molecule has 0 atom stereocenters. The first-order valence-electron chi connectivity index (χ1n) is 6.80. The predicted molar refractivity (Wildman–Crippen MR) is 76.1 cm³/mol. The molecule has 0 saturated carbocycles. The van der Waals surface area contributed by atoms with Gasteiger partial charge in [-0.25, -0.2) is 0 Å². The van der Waals surface area contributed by atoms with Crippen LogP contribution in [0.2, 0.25) is 0 Å². The Labute approximate surface area is 115 Å². The van der Waals surface area contributed by atoms with Crippen LogP contribution in [-0.4, -0.2) is 56.6 Å². The van der Waals surface area contributed by atoms with Crippen LogP contribution >= 0.6 is 0 Å². The molecule has 0 amide bonds. The van der Waals surface area contributed by atoms with Gasteiger partial charge in [0.2, 0.25) is 0 Å². The molecule has 0 spiro atoms. The average molecular weight is 267 g/mol. The number of methoxy groups -OCH3 is 1.